The standard InChI is InChI=1S/C23H21N3O3S/c1-16-9-11-18(12-10-16)24-21(27)14-20-22(28)26(15-19-8-5-13-29-19)23(30-20)25-17-6-3-2-4-7-17/h2-13,20H,14-15H2,1H3,(H,24,27)/t20-/m0/s1. The van der Waals surface area contributed by atoms with Crippen LogP contribution in [0.3, 0.4) is 0 Å². The molecule has 2 heterocycles. The van der Waals surface area contributed by atoms with E-state index in [4.69, 9.17) is 4.42 Å². The highest BCUT2D eigenvalue weighted by Crippen LogP contribution is 2.33. The number of nitrogens with zero attached hydrogens (tertiary/aromatic N) is 2. The normalized spacial score (nSPS) is 17.5. The van der Waals surface area contributed by atoms with E-state index in [-0.39, 0.29) is 24.8 Å². The summed E-state index contributed by atoms with van der Waals surface area (Å²) in [5.74, 6) is 0.309. The van der Waals surface area contributed by atoms with Crippen molar-refractivity contribution < 1.29 is 14.0 Å². The largest absolute Gasteiger partial charge is 0.467 e. The summed E-state index contributed by atoms with van der Waals surface area (Å²) in [6.45, 7) is 2.27. The number of aryl methyl sites for hydroxylation is 1. The molecule has 6 nitrogen and oxygen atoms in total. The highest BCUT2D eigenvalue weighted by molar-refractivity contribution is 8.15. The smallest absolute Gasteiger partial charge is 0.243 e. The van der Waals surface area contributed by atoms with Crippen molar-refractivity contribution in [2.75, 3.05) is 5.32 Å². The quantitative estimate of drug-likeness (QED) is 0.626. The van der Waals surface area contributed by atoms with Gasteiger partial charge in [-0.1, -0.05) is 47.7 Å². The number of carbonyl (C=O) groups is 2. The van der Waals surface area contributed by atoms with Crippen LogP contribution in [0.2, 0.25) is 0 Å². The molecule has 0 radical (unpaired) electrons. The Morgan fingerprint density at radius 3 is 2.57 bits per heavy atom. The lowest BCUT2D eigenvalue weighted by molar-refractivity contribution is -0.128. The van der Waals surface area contributed by atoms with E-state index in [2.05, 4.69) is 10.3 Å². The molecule has 0 bridgehead atoms. The highest BCUT2D eigenvalue weighted by Gasteiger charge is 2.39. The number of anilines is 1. The van der Waals surface area contributed by atoms with Crippen LogP contribution in [0.15, 0.2) is 82.4 Å². The number of thioether (sulfide) groups is 1. The van der Waals surface area contributed by atoms with Gasteiger partial charge in [-0.05, 0) is 43.3 Å². The molecule has 30 heavy (non-hydrogen) atoms. The third-order valence-corrected chi connectivity index (χ3v) is 5.78. The second-order valence-electron chi connectivity index (χ2n) is 6.96. The van der Waals surface area contributed by atoms with Crippen molar-refractivity contribution >= 4 is 40.1 Å². The third-order valence-electron chi connectivity index (χ3n) is 4.60. The van der Waals surface area contributed by atoms with Crippen LogP contribution in [0, 0.1) is 6.92 Å². The first-order valence-corrected chi connectivity index (χ1v) is 10.5. The first kappa shape index (κ1) is 20.0. The summed E-state index contributed by atoms with van der Waals surface area (Å²) in [5, 5.41) is 2.89. The molecule has 0 spiro atoms. The Kier molecular flexibility index (Phi) is 5.99. The molecule has 0 unspecified atom stereocenters. The molecule has 1 N–H and O–H groups in total. The molecule has 152 valence electrons. The summed E-state index contributed by atoms with van der Waals surface area (Å²) in [6, 6.07) is 20.6. The van der Waals surface area contributed by atoms with Gasteiger partial charge in [-0.2, -0.15) is 0 Å². The highest BCUT2D eigenvalue weighted by atomic mass is 32.2. The zero-order valence-corrected chi connectivity index (χ0v) is 17.3. The summed E-state index contributed by atoms with van der Waals surface area (Å²) < 4.78 is 5.41. The van der Waals surface area contributed by atoms with Gasteiger partial charge < -0.3 is 9.73 Å². The van der Waals surface area contributed by atoms with Crippen LogP contribution < -0.4 is 5.32 Å². The van der Waals surface area contributed by atoms with Gasteiger partial charge in [0, 0.05) is 12.1 Å². The second-order valence-corrected chi connectivity index (χ2v) is 8.13. The molecule has 0 aliphatic carbocycles. The van der Waals surface area contributed by atoms with Gasteiger partial charge in [0.15, 0.2) is 5.17 Å². The first-order valence-electron chi connectivity index (χ1n) is 9.59. The Morgan fingerprint density at radius 2 is 1.87 bits per heavy atom. The number of amidine groups is 1. The van der Waals surface area contributed by atoms with Gasteiger partial charge >= 0.3 is 0 Å². The van der Waals surface area contributed by atoms with Crippen molar-refractivity contribution in [2.24, 2.45) is 4.99 Å². The lowest BCUT2D eigenvalue weighted by Gasteiger charge is -2.15. The Morgan fingerprint density at radius 1 is 1.10 bits per heavy atom. The lowest BCUT2D eigenvalue weighted by Crippen LogP contribution is -2.33. The second kappa shape index (κ2) is 9.00. The van der Waals surface area contributed by atoms with E-state index in [0.717, 1.165) is 11.3 Å². The first-order chi connectivity index (χ1) is 14.6. The van der Waals surface area contributed by atoms with Crippen LogP contribution >= 0.6 is 11.8 Å². The monoisotopic (exact) mass is 419 g/mol. The predicted molar refractivity (Wildman–Crippen MR) is 119 cm³/mol. The maximum Gasteiger partial charge on any atom is 0.243 e. The van der Waals surface area contributed by atoms with E-state index >= 15 is 0 Å². The van der Waals surface area contributed by atoms with E-state index in [1.54, 1.807) is 17.2 Å². The molecule has 3 aromatic rings. The molecular formula is C23H21N3O3S. The molecule has 1 aliphatic rings. The number of hydrogen-bond acceptors (Lipinski definition) is 5. The number of nitrogens with one attached hydrogen (secondary N) is 1. The van der Waals surface area contributed by atoms with Crippen LogP contribution in [0.5, 0.6) is 0 Å². The van der Waals surface area contributed by atoms with Gasteiger partial charge in [-0.15, -0.1) is 0 Å². The van der Waals surface area contributed by atoms with Gasteiger partial charge in [-0.25, -0.2) is 4.99 Å². The minimum Gasteiger partial charge on any atom is -0.467 e. The fourth-order valence-electron chi connectivity index (χ4n) is 3.06. The average molecular weight is 420 g/mol. The molecule has 1 aliphatic heterocycles. The zero-order chi connectivity index (χ0) is 20.9. The molecule has 2 aromatic carbocycles. The van der Waals surface area contributed by atoms with Crippen molar-refractivity contribution in [3.05, 3.63) is 84.3 Å². The Labute approximate surface area is 179 Å². The summed E-state index contributed by atoms with van der Waals surface area (Å²) >= 11 is 1.31. The van der Waals surface area contributed by atoms with Crippen LogP contribution in [0.4, 0.5) is 11.4 Å². The predicted octanol–water partition coefficient (Wildman–Crippen LogP) is 4.75. The maximum atomic E-state index is 13.1. The molecular weight excluding hydrogens is 398 g/mol. The average Bonchev–Trinajstić information content (AvgIpc) is 3.35. The van der Waals surface area contributed by atoms with E-state index in [1.807, 2.05) is 67.6 Å². The van der Waals surface area contributed by atoms with Crippen molar-refractivity contribution in [2.45, 2.75) is 25.1 Å². The van der Waals surface area contributed by atoms with Gasteiger partial charge in [0.2, 0.25) is 11.8 Å². The van der Waals surface area contributed by atoms with Gasteiger partial charge in [-0.3, -0.25) is 14.5 Å². The number of carbonyl (C=O) groups excluding carboxylic acids is 2. The maximum absolute atomic E-state index is 13.1. The van der Waals surface area contributed by atoms with Crippen molar-refractivity contribution in [1.29, 1.82) is 0 Å². The van der Waals surface area contributed by atoms with Crippen LogP contribution in [-0.2, 0) is 16.1 Å². The third kappa shape index (κ3) is 4.80. The van der Waals surface area contributed by atoms with Crippen molar-refractivity contribution in [3.8, 4) is 0 Å². The number of benzene rings is 2. The number of rotatable bonds is 6. The van der Waals surface area contributed by atoms with Crippen LogP contribution in [-0.4, -0.2) is 27.1 Å². The number of aliphatic imine (C=N–C) groups is 1. The SMILES string of the molecule is Cc1ccc(NC(=O)C[C@@H]2SC(=Nc3ccccc3)N(Cc3ccco3)C2=O)cc1. The van der Waals surface area contributed by atoms with Gasteiger partial charge in [0.1, 0.15) is 11.0 Å². The molecule has 4 rings (SSSR count). The zero-order valence-electron chi connectivity index (χ0n) is 16.4. The minimum absolute atomic E-state index is 0.0693. The molecule has 1 aromatic heterocycles. The van der Waals surface area contributed by atoms with E-state index < -0.39 is 5.25 Å². The number of furan rings is 1. The van der Waals surface area contributed by atoms with Crippen LogP contribution in [0.1, 0.15) is 17.7 Å². The molecule has 1 fully saturated rings. The Balaban J connectivity index is 1.50. The lowest BCUT2D eigenvalue weighted by atomic mass is 10.2. The minimum atomic E-state index is -0.534. The van der Waals surface area contributed by atoms with Crippen molar-refractivity contribution in [3.63, 3.8) is 0 Å². The summed E-state index contributed by atoms with van der Waals surface area (Å²) in [7, 11) is 0. The van der Waals surface area contributed by atoms with E-state index in [9.17, 15) is 9.59 Å². The molecule has 0 saturated carbocycles. The fourth-order valence-corrected chi connectivity index (χ4v) is 4.22. The molecule has 7 heteroatoms. The molecule has 1 atom stereocenters. The number of amides is 2. The summed E-state index contributed by atoms with van der Waals surface area (Å²) in [6.07, 6.45) is 1.64. The Bertz CT molecular complexity index is 1050. The van der Waals surface area contributed by atoms with Crippen LogP contribution in [0.25, 0.3) is 0 Å². The molecule has 2 amide bonds. The van der Waals surface area contributed by atoms with Gasteiger partial charge in [0.25, 0.3) is 0 Å². The van der Waals surface area contributed by atoms with E-state index in [1.165, 1.54) is 11.8 Å². The fraction of sp³-hybridized carbons (Fsp3) is 0.174. The summed E-state index contributed by atoms with van der Waals surface area (Å²) in [5.41, 5.74) is 2.58. The topological polar surface area (TPSA) is 74.9 Å². The summed E-state index contributed by atoms with van der Waals surface area (Å²) in [4.78, 5) is 31.8. The molecule has 1 saturated heterocycles. The Hall–Kier alpha value is -3.32. The van der Waals surface area contributed by atoms with Gasteiger partial charge in [0.05, 0.1) is 18.5 Å². The van der Waals surface area contributed by atoms with Crippen molar-refractivity contribution in [1.82, 2.24) is 4.90 Å². The van der Waals surface area contributed by atoms with E-state index in [0.29, 0.717) is 16.6 Å². The number of hydrogen-bond donors (Lipinski definition) is 1. The number of para-hydroxylation sites is 1.